The first-order valence-corrected chi connectivity index (χ1v) is 10.4. The zero-order chi connectivity index (χ0) is 20.1. The fourth-order valence-corrected chi connectivity index (χ4v) is 4.57. The minimum atomic E-state index is -4.04. The minimum absolute atomic E-state index is 0.0354. The van der Waals surface area contributed by atoms with E-state index in [1.807, 2.05) is 6.92 Å². The summed E-state index contributed by atoms with van der Waals surface area (Å²) < 4.78 is 26.5. The Kier molecular flexibility index (Phi) is 5.85. The van der Waals surface area contributed by atoms with Gasteiger partial charge in [0.15, 0.2) is 21.4 Å². The third-order valence-corrected chi connectivity index (χ3v) is 6.60. The van der Waals surface area contributed by atoms with Crippen molar-refractivity contribution in [2.75, 3.05) is 0 Å². The monoisotopic (exact) mass is 392 g/mol. The fraction of sp³-hybridized carbons (Fsp3) is 0.130. The summed E-state index contributed by atoms with van der Waals surface area (Å²) in [6.07, 6.45) is -0.409. The predicted molar refractivity (Wildman–Crippen MR) is 108 cm³/mol. The van der Waals surface area contributed by atoms with Crippen LogP contribution in [0.1, 0.15) is 32.7 Å². The van der Waals surface area contributed by atoms with Gasteiger partial charge in [-0.05, 0) is 19.1 Å². The normalized spacial score (nSPS) is 12.3. The lowest BCUT2D eigenvalue weighted by Gasteiger charge is -2.17. The van der Waals surface area contributed by atoms with Gasteiger partial charge in [0.2, 0.25) is 0 Å². The van der Waals surface area contributed by atoms with Gasteiger partial charge in [-0.3, -0.25) is 9.59 Å². The van der Waals surface area contributed by atoms with Gasteiger partial charge in [-0.1, -0.05) is 78.4 Å². The first-order chi connectivity index (χ1) is 13.4. The number of carbonyl (C=O) groups is 2. The molecule has 0 aliphatic carbocycles. The molecule has 0 saturated carbocycles. The van der Waals surface area contributed by atoms with Crippen LogP contribution >= 0.6 is 0 Å². The number of rotatable bonds is 7. The summed E-state index contributed by atoms with van der Waals surface area (Å²) in [5.41, 5.74) is 1.56. The Morgan fingerprint density at radius 2 is 1.25 bits per heavy atom. The summed E-state index contributed by atoms with van der Waals surface area (Å²) in [6, 6.07) is 22.9. The Labute approximate surface area is 164 Å². The molecular formula is C23H20O4S. The van der Waals surface area contributed by atoms with Crippen LogP contribution in [0.3, 0.4) is 0 Å². The first kappa shape index (κ1) is 19.7. The van der Waals surface area contributed by atoms with Crippen LogP contribution in [0, 0.1) is 6.92 Å². The van der Waals surface area contributed by atoms with Crippen LogP contribution in [0.4, 0.5) is 0 Å². The Morgan fingerprint density at radius 3 is 1.79 bits per heavy atom. The second-order valence-corrected chi connectivity index (χ2v) is 8.70. The molecule has 0 heterocycles. The Hall–Kier alpha value is -3.05. The summed E-state index contributed by atoms with van der Waals surface area (Å²) in [4.78, 5) is 25.8. The highest BCUT2D eigenvalue weighted by Gasteiger charge is 2.36. The number of Topliss-reactive ketones (excluding diaryl/α,β-unsaturated/α-hetero) is 2. The first-order valence-electron chi connectivity index (χ1n) is 8.87. The van der Waals surface area contributed by atoms with Gasteiger partial charge in [0, 0.05) is 17.5 Å². The average Bonchev–Trinajstić information content (AvgIpc) is 2.73. The molecule has 5 heteroatoms. The van der Waals surface area contributed by atoms with Crippen molar-refractivity contribution in [2.24, 2.45) is 0 Å². The number of hydrogen-bond acceptors (Lipinski definition) is 4. The summed E-state index contributed by atoms with van der Waals surface area (Å²) in [5, 5.41) is -1.48. The molecule has 0 radical (unpaired) electrons. The Morgan fingerprint density at radius 1 is 0.750 bits per heavy atom. The van der Waals surface area contributed by atoms with E-state index >= 15 is 0 Å². The van der Waals surface area contributed by atoms with Crippen LogP contribution in [-0.4, -0.2) is 25.2 Å². The van der Waals surface area contributed by atoms with Crippen molar-refractivity contribution in [3.63, 3.8) is 0 Å². The summed E-state index contributed by atoms with van der Waals surface area (Å²) >= 11 is 0. The molecule has 4 nitrogen and oxygen atoms in total. The van der Waals surface area contributed by atoms with E-state index in [0.717, 1.165) is 5.56 Å². The molecule has 0 amide bonds. The molecule has 28 heavy (non-hydrogen) atoms. The third-order valence-electron chi connectivity index (χ3n) is 4.54. The highest BCUT2D eigenvalue weighted by atomic mass is 32.2. The largest absolute Gasteiger partial charge is 0.294 e. The molecule has 3 rings (SSSR count). The molecule has 3 aromatic rings. The van der Waals surface area contributed by atoms with Crippen molar-refractivity contribution in [3.8, 4) is 0 Å². The second kappa shape index (κ2) is 8.31. The summed E-state index contributed by atoms with van der Waals surface area (Å²) in [6.45, 7) is 1.85. The van der Waals surface area contributed by atoms with Crippen LogP contribution in [0.15, 0.2) is 89.8 Å². The van der Waals surface area contributed by atoms with Gasteiger partial charge in [0.1, 0.15) is 5.25 Å². The Bertz CT molecular complexity index is 1070. The van der Waals surface area contributed by atoms with Crippen LogP contribution in [0.25, 0.3) is 0 Å². The van der Waals surface area contributed by atoms with E-state index in [4.69, 9.17) is 0 Å². The molecule has 0 fully saturated rings. The minimum Gasteiger partial charge on any atom is -0.294 e. The van der Waals surface area contributed by atoms with Gasteiger partial charge in [0.25, 0.3) is 0 Å². The van der Waals surface area contributed by atoms with Crippen molar-refractivity contribution >= 4 is 21.4 Å². The van der Waals surface area contributed by atoms with E-state index in [1.165, 1.54) is 12.1 Å². The van der Waals surface area contributed by atoms with Crippen LogP contribution in [0.2, 0.25) is 0 Å². The lowest BCUT2D eigenvalue weighted by atomic mass is 10.0. The molecule has 0 bridgehead atoms. The van der Waals surface area contributed by atoms with E-state index in [9.17, 15) is 18.0 Å². The number of benzene rings is 3. The lowest BCUT2D eigenvalue weighted by Crippen LogP contribution is -2.33. The Balaban J connectivity index is 2.02. The second-order valence-electron chi connectivity index (χ2n) is 6.57. The van der Waals surface area contributed by atoms with Gasteiger partial charge < -0.3 is 0 Å². The fourth-order valence-electron chi connectivity index (χ4n) is 2.93. The maximum Gasteiger partial charge on any atom is 0.189 e. The molecule has 3 aromatic carbocycles. The standard InChI is InChI=1S/C23H20O4S/c1-17-12-14-20(15-13-17)28(26,27)22(23(25)19-10-6-3-7-11-19)16-21(24)18-8-4-2-5-9-18/h2-15,22H,16H2,1H3/t22-/m1/s1. The van der Waals surface area contributed by atoms with Gasteiger partial charge >= 0.3 is 0 Å². The van der Waals surface area contributed by atoms with E-state index in [-0.39, 0.29) is 16.2 Å². The smallest absolute Gasteiger partial charge is 0.189 e. The number of sulfone groups is 1. The quantitative estimate of drug-likeness (QED) is 0.563. The average molecular weight is 392 g/mol. The van der Waals surface area contributed by atoms with E-state index in [0.29, 0.717) is 5.56 Å². The lowest BCUT2D eigenvalue weighted by molar-refractivity contribution is 0.0920. The van der Waals surface area contributed by atoms with E-state index < -0.39 is 27.3 Å². The van der Waals surface area contributed by atoms with Gasteiger partial charge in [-0.15, -0.1) is 0 Å². The zero-order valence-electron chi connectivity index (χ0n) is 15.4. The molecule has 0 spiro atoms. The number of ketones is 2. The van der Waals surface area contributed by atoms with Gasteiger partial charge in [-0.25, -0.2) is 8.42 Å². The molecule has 0 saturated heterocycles. The van der Waals surface area contributed by atoms with Gasteiger partial charge in [-0.2, -0.15) is 0 Å². The maximum absolute atomic E-state index is 13.3. The van der Waals surface area contributed by atoms with Gasteiger partial charge in [0.05, 0.1) is 4.90 Å². The maximum atomic E-state index is 13.3. The molecular weight excluding hydrogens is 372 g/mol. The molecule has 0 unspecified atom stereocenters. The molecule has 0 aliphatic heterocycles. The molecule has 0 N–H and O–H groups in total. The van der Waals surface area contributed by atoms with Crippen molar-refractivity contribution in [1.29, 1.82) is 0 Å². The van der Waals surface area contributed by atoms with Crippen LogP contribution in [-0.2, 0) is 9.84 Å². The molecule has 0 aromatic heterocycles. The van der Waals surface area contributed by atoms with Crippen molar-refractivity contribution < 1.29 is 18.0 Å². The SMILES string of the molecule is Cc1ccc(S(=O)(=O)[C@H](CC(=O)c2ccccc2)C(=O)c2ccccc2)cc1. The van der Waals surface area contributed by atoms with Crippen molar-refractivity contribution in [2.45, 2.75) is 23.5 Å². The number of carbonyl (C=O) groups excluding carboxylic acids is 2. The molecule has 1 atom stereocenters. The van der Waals surface area contributed by atoms with Crippen LogP contribution < -0.4 is 0 Å². The topological polar surface area (TPSA) is 68.3 Å². The zero-order valence-corrected chi connectivity index (χ0v) is 16.2. The van der Waals surface area contributed by atoms with Crippen LogP contribution in [0.5, 0.6) is 0 Å². The predicted octanol–water partition coefficient (Wildman–Crippen LogP) is 4.29. The number of hydrogen-bond donors (Lipinski definition) is 0. The number of aryl methyl sites for hydroxylation is 1. The van der Waals surface area contributed by atoms with Crippen molar-refractivity contribution in [3.05, 3.63) is 102 Å². The summed E-state index contributed by atoms with van der Waals surface area (Å²) in [5.74, 6) is -0.962. The van der Waals surface area contributed by atoms with E-state index in [1.54, 1.807) is 72.8 Å². The third kappa shape index (κ3) is 4.26. The molecule has 142 valence electrons. The summed E-state index contributed by atoms with van der Waals surface area (Å²) in [7, 11) is -4.04. The molecule has 0 aliphatic rings. The van der Waals surface area contributed by atoms with Crippen molar-refractivity contribution in [1.82, 2.24) is 0 Å². The highest BCUT2D eigenvalue weighted by Crippen LogP contribution is 2.24. The highest BCUT2D eigenvalue weighted by molar-refractivity contribution is 7.92. The van der Waals surface area contributed by atoms with E-state index in [2.05, 4.69) is 0 Å².